The van der Waals surface area contributed by atoms with E-state index in [4.69, 9.17) is 18.9 Å². The normalized spacial score (nSPS) is 15.8. The Morgan fingerprint density at radius 3 is 1.59 bits per heavy atom. The van der Waals surface area contributed by atoms with E-state index in [0.717, 1.165) is 33.6 Å². The second-order valence-electron chi connectivity index (χ2n) is 10.1. The van der Waals surface area contributed by atoms with Gasteiger partial charge in [-0.2, -0.15) is 0 Å². The number of ether oxygens (including phenoxy) is 4. The van der Waals surface area contributed by atoms with Gasteiger partial charge in [0.2, 0.25) is 5.75 Å². The molecule has 1 N–H and O–H groups in total. The van der Waals surface area contributed by atoms with Gasteiger partial charge in [0.15, 0.2) is 17.6 Å². The molecule has 5 aromatic rings. The van der Waals surface area contributed by atoms with Gasteiger partial charge in [0.05, 0.1) is 6.10 Å². The summed E-state index contributed by atoms with van der Waals surface area (Å²) in [6, 6.07) is 41.6. The van der Waals surface area contributed by atoms with Gasteiger partial charge in [-0.1, -0.05) is 109 Å². The van der Waals surface area contributed by atoms with Crippen molar-refractivity contribution in [3.05, 3.63) is 155 Å². The maximum Gasteiger partial charge on any atom is 0.203 e. The highest BCUT2D eigenvalue weighted by Crippen LogP contribution is 2.44. The molecule has 5 heteroatoms. The number of hydrogen-bond donors (Lipinski definition) is 1. The number of benzene rings is 5. The molecule has 0 fully saturated rings. The first-order valence-corrected chi connectivity index (χ1v) is 13.8. The molecule has 0 saturated heterocycles. The van der Waals surface area contributed by atoms with Crippen molar-refractivity contribution in [2.24, 2.45) is 0 Å². The van der Waals surface area contributed by atoms with Crippen molar-refractivity contribution in [3.8, 4) is 23.0 Å². The van der Waals surface area contributed by atoms with Gasteiger partial charge in [0.1, 0.15) is 25.6 Å². The Morgan fingerprint density at radius 2 is 1.05 bits per heavy atom. The number of aliphatic hydroxyl groups excluding tert-OH is 1. The Bertz CT molecular complexity index is 1490. The molecular weight excluding hydrogens is 512 g/mol. The van der Waals surface area contributed by atoms with Crippen LogP contribution in [0.1, 0.15) is 33.9 Å². The van der Waals surface area contributed by atoms with Crippen molar-refractivity contribution in [2.75, 3.05) is 0 Å². The van der Waals surface area contributed by atoms with Gasteiger partial charge in [-0.25, -0.2) is 0 Å². The molecule has 5 nitrogen and oxygen atoms in total. The summed E-state index contributed by atoms with van der Waals surface area (Å²) < 4.78 is 25.5. The third-order valence-electron chi connectivity index (χ3n) is 7.08. The zero-order valence-electron chi connectivity index (χ0n) is 22.7. The fourth-order valence-electron chi connectivity index (χ4n) is 4.94. The Kier molecular flexibility index (Phi) is 8.15. The maximum absolute atomic E-state index is 11.2. The molecule has 0 saturated carbocycles. The van der Waals surface area contributed by atoms with E-state index in [1.807, 2.05) is 127 Å². The lowest BCUT2D eigenvalue weighted by atomic mass is 9.94. The van der Waals surface area contributed by atoms with Crippen molar-refractivity contribution in [3.63, 3.8) is 0 Å². The van der Waals surface area contributed by atoms with Crippen molar-refractivity contribution < 1.29 is 24.1 Å². The summed E-state index contributed by atoms with van der Waals surface area (Å²) in [4.78, 5) is 0. The molecule has 41 heavy (non-hydrogen) atoms. The highest BCUT2D eigenvalue weighted by molar-refractivity contribution is 5.55. The first-order valence-electron chi connectivity index (χ1n) is 13.8. The molecule has 1 aliphatic heterocycles. The van der Waals surface area contributed by atoms with Gasteiger partial charge in [-0.05, 0) is 40.5 Å². The van der Waals surface area contributed by atoms with Crippen LogP contribution in [0.2, 0.25) is 0 Å². The summed E-state index contributed by atoms with van der Waals surface area (Å²) in [5, 5.41) is 11.2. The van der Waals surface area contributed by atoms with Crippen LogP contribution < -0.4 is 18.9 Å². The molecule has 0 bridgehead atoms. The minimum absolute atomic E-state index is 0.347. The topological polar surface area (TPSA) is 57.2 Å². The number of hydrogen-bond acceptors (Lipinski definition) is 5. The van der Waals surface area contributed by atoms with E-state index < -0.39 is 12.2 Å². The SMILES string of the molecule is O[C@@H]1Cc2ccccc2OC1c1cc(OCc2ccccc2)c(OCc2ccccc2)c(OCc2ccccc2)c1. The summed E-state index contributed by atoms with van der Waals surface area (Å²) in [6.45, 7) is 1.04. The van der Waals surface area contributed by atoms with Crippen molar-refractivity contribution in [1.29, 1.82) is 0 Å². The Labute approximate surface area is 240 Å². The lowest BCUT2D eigenvalue weighted by Gasteiger charge is -2.31. The Hall–Kier alpha value is -4.74. The molecular formula is C36H32O5. The van der Waals surface area contributed by atoms with Crippen molar-refractivity contribution in [2.45, 2.75) is 38.4 Å². The smallest absolute Gasteiger partial charge is 0.203 e. The number of fused-ring (bicyclic) bond motifs is 1. The van der Waals surface area contributed by atoms with E-state index >= 15 is 0 Å². The van der Waals surface area contributed by atoms with E-state index in [2.05, 4.69) is 0 Å². The molecule has 206 valence electrons. The van der Waals surface area contributed by atoms with Gasteiger partial charge >= 0.3 is 0 Å². The monoisotopic (exact) mass is 544 g/mol. The third-order valence-corrected chi connectivity index (χ3v) is 7.08. The average Bonchev–Trinajstić information content (AvgIpc) is 3.03. The van der Waals surface area contributed by atoms with E-state index in [-0.39, 0.29) is 0 Å². The quantitative estimate of drug-likeness (QED) is 0.198. The standard InChI is InChI=1S/C36H32O5/c37-31-20-29-18-10-11-19-32(29)41-35(31)30-21-33(38-23-26-12-4-1-5-13-26)36(40-25-28-16-8-3-9-17-28)34(22-30)39-24-27-14-6-2-7-15-27/h1-19,21-22,31,35,37H,20,23-25H2/t31-,35?/m1/s1. The second-order valence-corrected chi connectivity index (χ2v) is 10.1. The van der Waals surface area contributed by atoms with E-state index in [1.54, 1.807) is 0 Å². The van der Waals surface area contributed by atoms with Crippen LogP contribution in [0.4, 0.5) is 0 Å². The highest BCUT2D eigenvalue weighted by atomic mass is 16.5. The molecule has 0 aliphatic carbocycles. The number of rotatable bonds is 10. The molecule has 0 spiro atoms. The number of para-hydroxylation sites is 1. The molecule has 1 heterocycles. The predicted octanol–water partition coefficient (Wildman–Crippen LogP) is 7.46. The summed E-state index contributed by atoms with van der Waals surface area (Å²) in [5.74, 6) is 2.33. The lowest BCUT2D eigenvalue weighted by Crippen LogP contribution is -2.30. The minimum atomic E-state index is -0.732. The first kappa shape index (κ1) is 26.5. The zero-order valence-corrected chi connectivity index (χ0v) is 22.7. The molecule has 0 amide bonds. The maximum atomic E-state index is 11.2. The second kappa shape index (κ2) is 12.6. The van der Waals surface area contributed by atoms with Crippen LogP contribution in [-0.2, 0) is 26.2 Å². The van der Waals surface area contributed by atoms with Crippen molar-refractivity contribution >= 4 is 0 Å². The number of aliphatic hydroxyl groups is 1. The molecule has 0 aromatic heterocycles. The molecule has 1 aliphatic rings. The summed E-state index contributed by atoms with van der Waals surface area (Å²) >= 11 is 0. The zero-order chi connectivity index (χ0) is 27.9. The van der Waals surface area contributed by atoms with Crippen LogP contribution in [0.25, 0.3) is 0 Å². The van der Waals surface area contributed by atoms with Crippen LogP contribution in [0.3, 0.4) is 0 Å². The van der Waals surface area contributed by atoms with Crippen LogP contribution in [0.15, 0.2) is 127 Å². The first-order chi connectivity index (χ1) is 20.2. The molecule has 1 unspecified atom stereocenters. The van der Waals surface area contributed by atoms with Crippen LogP contribution >= 0.6 is 0 Å². The van der Waals surface area contributed by atoms with Gasteiger partial charge in [-0.15, -0.1) is 0 Å². The van der Waals surface area contributed by atoms with Crippen LogP contribution in [0.5, 0.6) is 23.0 Å². The largest absolute Gasteiger partial charge is 0.485 e. The highest BCUT2D eigenvalue weighted by Gasteiger charge is 2.32. The fourth-order valence-corrected chi connectivity index (χ4v) is 4.94. The van der Waals surface area contributed by atoms with E-state index in [1.165, 1.54) is 0 Å². The average molecular weight is 545 g/mol. The van der Waals surface area contributed by atoms with E-state index in [0.29, 0.717) is 43.5 Å². The van der Waals surface area contributed by atoms with Crippen molar-refractivity contribution in [1.82, 2.24) is 0 Å². The Morgan fingerprint density at radius 1 is 0.585 bits per heavy atom. The van der Waals surface area contributed by atoms with Gasteiger partial charge < -0.3 is 24.1 Å². The van der Waals surface area contributed by atoms with Crippen LogP contribution in [-0.4, -0.2) is 11.2 Å². The molecule has 0 radical (unpaired) electrons. The third kappa shape index (κ3) is 6.53. The van der Waals surface area contributed by atoms with Crippen LogP contribution in [0, 0.1) is 0 Å². The van der Waals surface area contributed by atoms with Gasteiger partial charge in [-0.3, -0.25) is 0 Å². The minimum Gasteiger partial charge on any atom is -0.485 e. The fraction of sp³-hybridized carbons (Fsp3) is 0.167. The lowest BCUT2D eigenvalue weighted by molar-refractivity contribution is 0.0205. The van der Waals surface area contributed by atoms with Gasteiger partial charge in [0, 0.05) is 12.0 Å². The molecule has 2 atom stereocenters. The predicted molar refractivity (Wildman–Crippen MR) is 158 cm³/mol. The molecule has 6 rings (SSSR count). The summed E-state index contributed by atoms with van der Waals surface area (Å²) in [7, 11) is 0. The summed E-state index contributed by atoms with van der Waals surface area (Å²) in [6.07, 6.45) is -0.829. The van der Waals surface area contributed by atoms with Gasteiger partial charge in [0.25, 0.3) is 0 Å². The van der Waals surface area contributed by atoms with E-state index in [9.17, 15) is 5.11 Å². The Balaban J connectivity index is 1.38. The molecule has 5 aromatic carbocycles. The summed E-state index contributed by atoms with van der Waals surface area (Å²) in [5.41, 5.74) is 4.83.